The molecule has 0 aromatic heterocycles. The van der Waals surface area contributed by atoms with Crippen LogP contribution in [-0.2, 0) is 0 Å². The Balaban J connectivity index is -0.0000000150. The summed E-state index contributed by atoms with van der Waals surface area (Å²) in [6, 6.07) is 0. The van der Waals surface area contributed by atoms with Crippen molar-refractivity contribution in [2.24, 2.45) is 0 Å². The molecule has 33 valence electrons. The van der Waals surface area contributed by atoms with E-state index >= 15 is 0 Å². The van der Waals surface area contributed by atoms with Crippen LogP contribution < -0.4 is 0 Å². The summed E-state index contributed by atoms with van der Waals surface area (Å²) in [7, 11) is 0. The van der Waals surface area contributed by atoms with E-state index in [-0.39, 0.29) is 59.4 Å². The van der Waals surface area contributed by atoms with Crippen LogP contribution in [0.1, 0.15) is 0 Å². The molecule has 9 radical (unpaired) electrons. The third kappa shape index (κ3) is 151. The summed E-state index contributed by atoms with van der Waals surface area (Å²) in [5, 5.41) is 14.8. The van der Waals surface area contributed by atoms with E-state index in [2.05, 4.69) is 0 Å². The maximum Gasteiger partial charge on any atom is 0.0689 e. The summed E-state index contributed by atoms with van der Waals surface area (Å²) < 4.78 is 0. The monoisotopic (exact) mass is 263 g/mol. The Morgan fingerprint density at radius 1 is 1.00 bits per heavy atom. The molecule has 0 aromatic rings. The van der Waals surface area contributed by atoms with Crippen LogP contribution >= 0.6 is 0 Å². The maximum absolute atomic E-state index is 8.25. The van der Waals surface area contributed by atoms with Crippen molar-refractivity contribution >= 4 is 59.4 Å². The van der Waals surface area contributed by atoms with Crippen LogP contribution in [0.15, 0.2) is 0 Å². The largest absolute Gasteiger partial charge is 0.356 e. The van der Waals surface area contributed by atoms with E-state index in [1.165, 1.54) is 0 Å². The quantitative estimate of drug-likeness (QED) is 0.307. The molecule has 0 saturated heterocycles. The summed E-state index contributed by atoms with van der Waals surface area (Å²) in [5.41, 5.74) is 0. The molecule has 7 heavy (non-hydrogen) atoms. The Morgan fingerprint density at radius 3 is 1.00 bits per heavy atom. The topological polar surface area (TPSA) is 66.2 Å². The molecular weight excluding hydrogens is 263 g/mol. The van der Waals surface area contributed by atoms with Crippen LogP contribution in [0.4, 0.5) is 0 Å². The third-order valence-corrected chi connectivity index (χ3v) is 0. The van der Waals surface area contributed by atoms with Crippen molar-refractivity contribution in [3.8, 4) is 0 Å². The first-order valence-corrected chi connectivity index (χ1v) is 0.548. The van der Waals surface area contributed by atoms with Crippen LogP contribution in [0.2, 0.25) is 0 Å². The normalized spacial score (nSPS) is 3.43. The molecule has 0 aliphatic carbocycles. The Hall–Kier alpha value is 1.11. The van der Waals surface area contributed by atoms with Gasteiger partial charge in [0.25, 0.3) is 0 Å². The van der Waals surface area contributed by atoms with Gasteiger partial charge in [-0.15, -0.1) is 0 Å². The summed E-state index contributed by atoms with van der Waals surface area (Å²) in [5.74, 6) is 0. The van der Waals surface area contributed by atoms with Crippen molar-refractivity contribution in [3.05, 3.63) is 15.3 Å². The average molecular weight is 263 g/mol. The van der Waals surface area contributed by atoms with E-state index in [9.17, 15) is 0 Å². The number of hydrogen-bond donors (Lipinski definition) is 0. The molecule has 0 rings (SSSR count). The fraction of sp³-hybridized carbons (Fsp3) is 0. The minimum atomic E-state index is -1.75. The molecule has 0 heterocycles. The molecule has 0 aliphatic heterocycles. The predicted molar refractivity (Wildman–Crippen MR) is 27.6 cm³/mol. The zero-order chi connectivity index (χ0) is 3.58. The summed E-state index contributed by atoms with van der Waals surface area (Å²) in [6.45, 7) is 0. The molecule has 0 saturated carbocycles. The van der Waals surface area contributed by atoms with Crippen LogP contribution in [0.25, 0.3) is 0 Å². The fourth-order valence-electron chi connectivity index (χ4n) is 0. The molecule has 0 atom stereocenters. The number of rotatable bonds is 0. The molecule has 0 N–H and O–H groups in total. The average Bonchev–Trinajstić information content (AvgIpc) is 0.811. The van der Waals surface area contributed by atoms with Crippen LogP contribution in [-0.4, -0.2) is 64.5 Å². The van der Waals surface area contributed by atoms with E-state index in [1.54, 1.807) is 0 Å². The fourth-order valence-corrected chi connectivity index (χ4v) is 0. The van der Waals surface area contributed by atoms with E-state index in [4.69, 9.17) is 15.3 Å². The van der Waals surface area contributed by atoms with E-state index in [1.807, 2.05) is 0 Å². The number of hydrogen-bond acceptors (Lipinski definition) is 3. The first-order chi connectivity index (χ1) is 1.73. The van der Waals surface area contributed by atoms with Gasteiger partial charge in [-0.25, -0.2) is 0 Å². The van der Waals surface area contributed by atoms with Crippen LogP contribution in [0.5, 0.6) is 0 Å². The second-order valence-corrected chi connectivity index (χ2v) is 0.224. The molecule has 0 amide bonds. The van der Waals surface area contributed by atoms with Gasteiger partial charge in [0, 0.05) is 59.4 Å². The third-order valence-electron chi connectivity index (χ3n) is 0. The molecule has 7 heteroatoms. The van der Waals surface area contributed by atoms with E-state index < -0.39 is 5.09 Å². The summed E-state index contributed by atoms with van der Waals surface area (Å²) in [6.07, 6.45) is 0. The van der Waals surface area contributed by atoms with Gasteiger partial charge < -0.3 is 15.3 Å². The van der Waals surface area contributed by atoms with Gasteiger partial charge in [0.2, 0.25) is 0 Å². The summed E-state index contributed by atoms with van der Waals surface area (Å²) >= 11 is 0. The van der Waals surface area contributed by atoms with Gasteiger partial charge in [-0.2, -0.15) is 0 Å². The van der Waals surface area contributed by atoms with Gasteiger partial charge in [0.1, 0.15) is 0 Å². The van der Waals surface area contributed by atoms with Gasteiger partial charge in [0.05, 0.1) is 5.09 Å². The van der Waals surface area contributed by atoms with Gasteiger partial charge >= 0.3 is 0 Å². The van der Waals surface area contributed by atoms with Gasteiger partial charge in [-0.05, 0) is 0 Å². The van der Waals surface area contributed by atoms with Crippen molar-refractivity contribution in [2.75, 3.05) is 0 Å². The van der Waals surface area contributed by atoms with Crippen LogP contribution in [0, 0.1) is 15.3 Å². The Morgan fingerprint density at radius 2 is 1.00 bits per heavy atom. The molecule has 0 bridgehead atoms. The van der Waals surface area contributed by atoms with Gasteiger partial charge in [0.15, 0.2) is 0 Å². The predicted octanol–water partition coefficient (Wildman–Crippen LogP) is -1.38. The smallest absolute Gasteiger partial charge is 0.0689 e. The molecule has 0 fully saturated rings. The first kappa shape index (κ1) is 24.3. The van der Waals surface area contributed by atoms with Crippen LogP contribution in [0.3, 0.4) is 0 Å². The zero-order valence-electron chi connectivity index (χ0n) is 3.40. The van der Waals surface area contributed by atoms with Crippen molar-refractivity contribution in [3.63, 3.8) is 0 Å². The SMILES string of the molecule is O=[N+]([O-])[O-].[67Ga].[67Ga].[67Ga]. The Labute approximate surface area is 79.3 Å². The minimum Gasteiger partial charge on any atom is -0.356 e. The second-order valence-electron chi connectivity index (χ2n) is 0.224. The molecule has 0 aromatic carbocycles. The molecule has 0 spiro atoms. The number of nitrogens with zero attached hydrogens (tertiary/aromatic N) is 1. The standard InChI is InChI=1S/3Ga.NO3/c;;;2-1(3)4/q;;;-1/i3*1-3;. The van der Waals surface area contributed by atoms with E-state index in [0.29, 0.717) is 0 Å². The van der Waals surface area contributed by atoms with Gasteiger partial charge in [-0.1, -0.05) is 0 Å². The zero-order valence-corrected chi connectivity index (χ0v) is 10.7. The van der Waals surface area contributed by atoms with E-state index in [0.717, 1.165) is 0 Å². The molecule has 0 unspecified atom stereocenters. The maximum atomic E-state index is 8.25. The summed E-state index contributed by atoms with van der Waals surface area (Å²) in [4.78, 5) is 8.25. The van der Waals surface area contributed by atoms with Crippen molar-refractivity contribution in [1.82, 2.24) is 0 Å². The molecule has 4 nitrogen and oxygen atoms in total. The van der Waals surface area contributed by atoms with Crippen molar-refractivity contribution in [1.29, 1.82) is 0 Å². The Bertz CT molecular complexity index is 33.2. The molecule has 0 aliphatic rings. The first-order valence-electron chi connectivity index (χ1n) is 0.548. The van der Waals surface area contributed by atoms with Gasteiger partial charge in [-0.3, -0.25) is 0 Å². The second kappa shape index (κ2) is 15.7. The Kier molecular flexibility index (Phi) is 54.5. The molecular formula is Ga3NO3-. The van der Waals surface area contributed by atoms with Crippen molar-refractivity contribution in [2.45, 2.75) is 0 Å². The minimum absolute atomic E-state index is 0. The van der Waals surface area contributed by atoms with Crippen molar-refractivity contribution < 1.29 is 5.09 Å².